The molecule has 1 aliphatic heterocycles. The van der Waals surface area contributed by atoms with Gasteiger partial charge in [-0.15, -0.1) is 0 Å². The molecule has 2 aromatic carbocycles. The van der Waals surface area contributed by atoms with Gasteiger partial charge in [-0.1, -0.05) is 30.3 Å². The number of halogens is 1. The Hall–Kier alpha value is -2.36. The molecule has 4 heteroatoms. The Balaban J connectivity index is 1.64. The van der Waals surface area contributed by atoms with E-state index in [0.717, 1.165) is 24.8 Å². The fourth-order valence-corrected chi connectivity index (χ4v) is 3.55. The average Bonchev–Trinajstić information content (AvgIpc) is 2.63. The normalized spacial score (nSPS) is 17.5. The summed E-state index contributed by atoms with van der Waals surface area (Å²) in [4.78, 5) is 14.6. The summed E-state index contributed by atoms with van der Waals surface area (Å²) in [6.45, 7) is 3.17. The predicted molar refractivity (Wildman–Crippen MR) is 96.2 cm³/mol. The number of carbonyl (C=O) groups is 1. The highest BCUT2D eigenvalue weighted by molar-refractivity contribution is 5.97. The lowest BCUT2D eigenvalue weighted by Gasteiger charge is -2.33. The molecule has 0 spiro atoms. The number of piperidine rings is 1. The molecule has 1 heterocycles. The molecule has 1 fully saturated rings. The maximum Gasteiger partial charge on any atom is 0.257 e. The number of aromatic hydroxyl groups is 1. The van der Waals surface area contributed by atoms with Crippen molar-refractivity contribution in [1.82, 2.24) is 4.90 Å². The van der Waals surface area contributed by atoms with Crippen LogP contribution < -0.4 is 0 Å². The molecule has 2 aromatic rings. The van der Waals surface area contributed by atoms with Crippen LogP contribution in [0.4, 0.5) is 4.39 Å². The molecule has 0 aliphatic carbocycles. The van der Waals surface area contributed by atoms with E-state index in [2.05, 4.69) is 0 Å². The summed E-state index contributed by atoms with van der Waals surface area (Å²) in [6.07, 6.45) is 3.55. The minimum atomic E-state index is -0.157. The second-order valence-electron chi connectivity index (χ2n) is 6.86. The van der Waals surface area contributed by atoms with Crippen LogP contribution in [0.5, 0.6) is 5.75 Å². The molecule has 0 saturated carbocycles. The molecule has 1 amide bonds. The van der Waals surface area contributed by atoms with Gasteiger partial charge in [0.25, 0.3) is 5.91 Å². The molecule has 1 N–H and O–H groups in total. The van der Waals surface area contributed by atoms with Crippen molar-refractivity contribution in [2.45, 2.75) is 32.6 Å². The lowest BCUT2D eigenvalue weighted by Crippen LogP contribution is -2.40. The van der Waals surface area contributed by atoms with E-state index >= 15 is 0 Å². The number of likely N-dealkylation sites (tertiary alicyclic amines) is 1. The van der Waals surface area contributed by atoms with E-state index in [1.807, 2.05) is 17.0 Å². The molecule has 0 aromatic heterocycles. The Morgan fingerprint density at radius 2 is 2.04 bits per heavy atom. The first kappa shape index (κ1) is 17.5. The first-order valence-corrected chi connectivity index (χ1v) is 8.87. The minimum absolute atomic E-state index is 0.0704. The first-order valence-electron chi connectivity index (χ1n) is 8.87. The van der Waals surface area contributed by atoms with Gasteiger partial charge in [0.1, 0.15) is 11.6 Å². The SMILES string of the molecule is Cc1cccc(C(=O)N2CCC[C@H](CCc3ccccc3F)C2)c1O. The summed E-state index contributed by atoms with van der Waals surface area (Å²) in [5.74, 6) is 0.165. The van der Waals surface area contributed by atoms with Crippen LogP contribution in [0.15, 0.2) is 42.5 Å². The number of carbonyl (C=O) groups excluding carboxylic acids is 1. The highest BCUT2D eigenvalue weighted by Gasteiger charge is 2.26. The standard InChI is InChI=1S/C21H24FNO2/c1-15-6-4-9-18(20(15)24)21(25)23-13-5-7-16(14-23)11-12-17-8-2-3-10-19(17)22/h2-4,6,8-10,16,24H,5,7,11-14H2,1H3/t16-/m1/s1. The van der Waals surface area contributed by atoms with Gasteiger partial charge in [-0.25, -0.2) is 4.39 Å². The predicted octanol–water partition coefficient (Wildman–Crippen LogP) is 4.32. The number of phenolic OH excluding ortho intramolecular Hbond substituents is 1. The lowest BCUT2D eigenvalue weighted by atomic mass is 9.91. The summed E-state index contributed by atoms with van der Waals surface area (Å²) in [7, 11) is 0. The number of amides is 1. The van der Waals surface area contributed by atoms with Crippen LogP contribution in [-0.4, -0.2) is 29.0 Å². The molecule has 0 radical (unpaired) electrons. The van der Waals surface area contributed by atoms with Crippen molar-refractivity contribution >= 4 is 5.91 Å². The maximum atomic E-state index is 13.8. The van der Waals surface area contributed by atoms with Crippen LogP contribution in [0.1, 0.15) is 40.7 Å². The van der Waals surface area contributed by atoms with Crippen molar-refractivity contribution in [2.75, 3.05) is 13.1 Å². The summed E-state index contributed by atoms with van der Waals surface area (Å²) < 4.78 is 13.8. The number of hydrogen-bond acceptors (Lipinski definition) is 2. The summed E-state index contributed by atoms with van der Waals surface area (Å²) in [5, 5.41) is 10.2. The first-order chi connectivity index (χ1) is 12.1. The van der Waals surface area contributed by atoms with Crippen molar-refractivity contribution < 1.29 is 14.3 Å². The van der Waals surface area contributed by atoms with Crippen molar-refractivity contribution in [2.24, 2.45) is 5.92 Å². The van der Waals surface area contributed by atoms with Gasteiger partial charge in [0.2, 0.25) is 0 Å². The topological polar surface area (TPSA) is 40.5 Å². The number of hydrogen-bond donors (Lipinski definition) is 1. The van der Waals surface area contributed by atoms with Crippen LogP contribution >= 0.6 is 0 Å². The van der Waals surface area contributed by atoms with Gasteiger partial charge in [-0.05, 0) is 61.8 Å². The molecular formula is C21H24FNO2. The van der Waals surface area contributed by atoms with Gasteiger partial charge >= 0.3 is 0 Å². The Morgan fingerprint density at radius 3 is 2.84 bits per heavy atom. The minimum Gasteiger partial charge on any atom is -0.507 e. The van der Waals surface area contributed by atoms with Gasteiger partial charge in [-0.3, -0.25) is 4.79 Å². The number of rotatable bonds is 4. The summed E-state index contributed by atoms with van der Waals surface area (Å²) >= 11 is 0. The smallest absolute Gasteiger partial charge is 0.257 e. The molecule has 3 nitrogen and oxygen atoms in total. The molecule has 132 valence electrons. The third-order valence-corrected chi connectivity index (χ3v) is 5.05. The van der Waals surface area contributed by atoms with Gasteiger partial charge in [-0.2, -0.15) is 0 Å². The number of phenols is 1. The molecule has 0 unspecified atom stereocenters. The molecule has 1 atom stereocenters. The Labute approximate surface area is 148 Å². The third-order valence-electron chi connectivity index (χ3n) is 5.05. The van der Waals surface area contributed by atoms with E-state index < -0.39 is 0 Å². The fourth-order valence-electron chi connectivity index (χ4n) is 3.55. The van der Waals surface area contributed by atoms with Crippen LogP contribution in [0.3, 0.4) is 0 Å². The van der Waals surface area contributed by atoms with E-state index in [0.29, 0.717) is 36.6 Å². The quantitative estimate of drug-likeness (QED) is 0.899. The molecule has 1 saturated heterocycles. The zero-order valence-electron chi connectivity index (χ0n) is 14.5. The zero-order chi connectivity index (χ0) is 17.8. The fraction of sp³-hybridized carbons (Fsp3) is 0.381. The monoisotopic (exact) mass is 341 g/mol. The van der Waals surface area contributed by atoms with E-state index in [1.54, 1.807) is 31.2 Å². The van der Waals surface area contributed by atoms with E-state index in [-0.39, 0.29) is 17.5 Å². The van der Waals surface area contributed by atoms with Crippen LogP contribution in [0, 0.1) is 18.7 Å². The van der Waals surface area contributed by atoms with E-state index in [1.165, 1.54) is 6.07 Å². The molecule has 1 aliphatic rings. The number of benzene rings is 2. The maximum absolute atomic E-state index is 13.8. The average molecular weight is 341 g/mol. The second kappa shape index (κ2) is 7.68. The molecular weight excluding hydrogens is 317 g/mol. The van der Waals surface area contributed by atoms with Crippen LogP contribution in [0.25, 0.3) is 0 Å². The van der Waals surface area contributed by atoms with Crippen molar-refractivity contribution in [3.8, 4) is 5.75 Å². The third kappa shape index (κ3) is 4.01. The van der Waals surface area contributed by atoms with Crippen LogP contribution in [-0.2, 0) is 6.42 Å². The highest BCUT2D eigenvalue weighted by Crippen LogP contribution is 2.27. The van der Waals surface area contributed by atoms with Gasteiger partial charge in [0.15, 0.2) is 0 Å². The number of aryl methyl sites for hydroxylation is 2. The van der Waals surface area contributed by atoms with E-state index in [4.69, 9.17) is 0 Å². The number of nitrogens with zero attached hydrogens (tertiary/aromatic N) is 1. The molecule has 0 bridgehead atoms. The Bertz CT molecular complexity index is 759. The second-order valence-corrected chi connectivity index (χ2v) is 6.86. The Morgan fingerprint density at radius 1 is 1.24 bits per heavy atom. The number of para-hydroxylation sites is 1. The summed E-state index contributed by atoms with van der Waals surface area (Å²) in [6, 6.07) is 12.1. The molecule has 3 rings (SSSR count). The van der Waals surface area contributed by atoms with Gasteiger partial charge in [0, 0.05) is 13.1 Å². The lowest BCUT2D eigenvalue weighted by molar-refractivity contribution is 0.0665. The van der Waals surface area contributed by atoms with Crippen molar-refractivity contribution in [3.63, 3.8) is 0 Å². The zero-order valence-corrected chi connectivity index (χ0v) is 14.5. The van der Waals surface area contributed by atoms with Gasteiger partial charge < -0.3 is 10.0 Å². The van der Waals surface area contributed by atoms with Crippen LogP contribution in [0.2, 0.25) is 0 Å². The van der Waals surface area contributed by atoms with Crippen molar-refractivity contribution in [1.29, 1.82) is 0 Å². The van der Waals surface area contributed by atoms with Crippen molar-refractivity contribution in [3.05, 3.63) is 65.0 Å². The largest absolute Gasteiger partial charge is 0.507 e. The summed E-state index contributed by atoms with van der Waals surface area (Å²) in [5.41, 5.74) is 1.82. The Kier molecular flexibility index (Phi) is 5.37. The molecule has 25 heavy (non-hydrogen) atoms. The van der Waals surface area contributed by atoms with Gasteiger partial charge in [0.05, 0.1) is 5.56 Å². The van der Waals surface area contributed by atoms with E-state index in [9.17, 15) is 14.3 Å². The highest BCUT2D eigenvalue weighted by atomic mass is 19.1.